The summed E-state index contributed by atoms with van der Waals surface area (Å²) in [7, 11) is 1.71. The van der Waals surface area contributed by atoms with Crippen LogP contribution in [0.5, 0.6) is 0 Å². The molecule has 0 bridgehead atoms. The van der Waals surface area contributed by atoms with Gasteiger partial charge in [-0.2, -0.15) is 0 Å². The van der Waals surface area contributed by atoms with Crippen LogP contribution in [-0.2, 0) is 9.59 Å². The number of rotatable bonds is 8. The van der Waals surface area contributed by atoms with E-state index in [1.54, 1.807) is 55.6 Å². The summed E-state index contributed by atoms with van der Waals surface area (Å²) in [6.07, 6.45) is -0.643. The van der Waals surface area contributed by atoms with Crippen molar-refractivity contribution in [1.82, 2.24) is 10.2 Å². The minimum atomic E-state index is -0.811. The highest BCUT2D eigenvalue weighted by Crippen LogP contribution is 2.22. The summed E-state index contributed by atoms with van der Waals surface area (Å²) in [4.78, 5) is 38.4. The maximum Gasteiger partial charge on any atom is 0.322 e. The van der Waals surface area contributed by atoms with Crippen molar-refractivity contribution >= 4 is 46.4 Å². The molecule has 0 radical (unpaired) electrons. The Labute approximate surface area is 191 Å². The molecule has 2 atom stereocenters. The van der Waals surface area contributed by atoms with Crippen molar-refractivity contribution in [2.75, 3.05) is 42.6 Å². The highest BCUT2D eigenvalue weighted by atomic mass is 35.5. The lowest BCUT2D eigenvalue weighted by molar-refractivity contribution is -0.119. The number of likely N-dealkylation sites (N-methyl/N-ethyl adjacent to an activating group) is 1. The number of benzene rings is 2. The van der Waals surface area contributed by atoms with Crippen LogP contribution in [0.3, 0.4) is 0 Å². The van der Waals surface area contributed by atoms with E-state index < -0.39 is 24.1 Å². The molecule has 10 heteroatoms. The monoisotopic (exact) mass is 459 g/mol. The Bertz CT molecular complexity index is 952. The standard InChI is InChI=1S/C22H26ClN5O4/c1-24-11-19(30)12-25-15-6-8-16(9-7-15)26-21(31)20-10-18(29)13-28(20)22(32)27-17-4-2-14(23)3-5-17/h2-9,18,20,24-25,29H,10-13H2,1H3,(H,26,31)(H,27,32)/t18-,20-/m1/s1. The number of halogens is 1. The molecule has 170 valence electrons. The maximum atomic E-state index is 12.8. The summed E-state index contributed by atoms with van der Waals surface area (Å²) in [6, 6.07) is 12.2. The van der Waals surface area contributed by atoms with Crippen molar-refractivity contribution in [2.24, 2.45) is 0 Å². The Morgan fingerprint density at radius 1 is 0.969 bits per heavy atom. The van der Waals surface area contributed by atoms with E-state index in [1.807, 2.05) is 0 Å². The number of aliphatic hydroxyl groups excluding tert-OH is 1. The number of carbonyl (C=O) groups is 3. The average molecular weight is 460 g/mol. The summed E-state index contributed by atoms with van der Waals surface area (Å²) >= 11 is 5.86. The van der Waals surface area contributed by atoms with Crippen LogP contribution in [0.15, 0.2) is 48.5 Å². The van der Waals surface area contributed by atoms with Gasteiger partial charge in [-0.25, -0.2) is 4.79 Å². The molecule has 9 nitrogen and oxygen atoms in total. The van der Waals surface area contributed by atoms with E-state index in [9.17, 15) is 19.5 Å². The van der Waals surface area contributed by atoms with Crippen molar-refractivity contribution in [1.29, 1.82) is 0 Å². The van der Waals surface area contributed by atoms with Crippen molar-refractivity contribution in [3.05, 3.63) is 53.6 Å². The van der Waals surface area contributed by atoms with Gasteiger partial charge in [-0.05, 0) is 55.6 Å². The van der Waals surface area contributed by atoms with Crippen LogP contribution < -0.4 is 21.3 Å². The highest BCUT2D eigenvalue weighted by Gasteiger charge is 2.39. The predicted octanol–water partition coefficient (Wildman–Crippen LogP) is 2.15. The highest BCUT2D eigenvalue weighted by molar-refractivity contribution is 6.30. The van der Waals surface area contributed by atoms with Crippen LogP contribution in [0.1, 0.15) is 6.42 Å². The zero-order valence-corrected chi connectivity index (χ0v) is 18.4. The Hall–Kier alpha value is -3.14. The number of Topliss-reactive ketones (excluding diaryl/α,β-unsaturated/α-hetero) is 1. The molecule has 0 spiro atoms. The molecule has 3 rings (SSSR count). The van der Waals surface area contributed by atoms with Crippen molar-refractivity contribution in [2.45, 2.75) is 18.6 Å². The van der Waals surface area contributed by atoms with Crippen molar-refractivity contribution in [3.8, 4) is 0 Å². The number of likely N-dealkylation sites (tertiary alicyclic amines) is 1. The molecule has 2 aromatic rings. The first-order chi connectivity index (χ1) is 15.4. The molecule has 1 saturated heterocycles. The molecule has 0 unspecified atom stereocenters. The van der Waals surface area contributed by atoms with Gasteiger partial charge in [0, 0.05) is 35.1 Å². The first kappa shape index (κ1) is 23.5. The third kappa shape index (κ3) is 6.43. The molecule has 2 aromatic carbocycles. The lowest BCUT2D eigenvalue weighted by atomic mass is 10.1. The molecule has 0 aromatic heterocycles. The zero-order chi connectivity index (χ0) is 23.1. The van der Waals surface area contributed by atoms with Crippen LogP contribution in [-0.4, -0.2) is 66.6 Å². The number of nitrogens with zero attached hydrogens (tertiary/aromatic N) is 1. The van der Waals surface area contributed by atoms with E-state index in [2.05, 4.69) is 21.3 Å². The Kier molecular flexibility index (Phi) is 8.04. The van der Waals surface area contributed by atoms with E-state index >= 15 is 0 Å². The van der Waals surface area contributed by atoms with Gasteiger partial charge in [0.1, 0.15) is 6.04 Å². The number of ketones is 1. The van der Waals surface area contributed by atoms with Gasteiger partial charge in [0.2, 0.25) is 5.91 Å². The number of carbonyl (C=O) groups excluding carboxylic acids is 3. The third-order valence-corrected chi connectivity index (χ3v) is 5.21. The zero-order valence-electron chi connectivity index (χ0n) is 17.6. The largest absolute Gasteiger partial charge is 0.391 e. The smallest absolute Gasteiger partial charge is 0.322 e. The minimum Gasteiger partial charge on any atom is -0.391 e. The first-order valence-corrected chi connectivity index (χ1v) is 10.6. The lowest BCUT2D eigenvalue weighted by Crippen LogP contribution is -2.45. The van der Waals surface area contributed by atoms with E-state index in [0.717, 1.165) is 5.69 Å². The molecule has 0 aliphatic carbocycles. The van der Waals surface area contributed by atoms with Gasteiger partial charge < -0.3 is 31.3 Å². The molecule has 1 heterocycles. The molecular formula is C22H26ClN5O4. The van der Waals surface area contributed by atoms with Gasteiger partial charge in [0.15, 0.2) is 5.78 Å². The van der Waals surface area contributed by atoms with E-state index in [4.69, 9.17) is 11.6 Å². The van der Waals surface area contributed by atoms with Gasteiger partial charge in [0.25, 0.3) is 0 Å². The van der Waals surface area contributed by atoms with E-state index in [0.29, 0.717) is 16.4 Å². The summed E-state index contributed by atoms with van der Waals surface area (Å²) in [5.74, 6) is -0.362. The van der Waals surface area contributed by atoms with Crippen LogP contribution >= 0.6 is 11.6 Å². The summed E-state index contributed by atoms with van der Waals surface area (Å²) < 4.78 is 0. The lowest BCUT2D eigenvalue weighted by Gasteiger charge is -2.24. The van der Waals surface area contributed by atoms with Gasteiger partial charge in [0.05, 0.1) is 19.2 Å². The van der Waals surface area contributed by atoms with E-state index in [1.165, 1.54) is 4.90 Å². The van der Waals surface area contributed by atoms with Crippen LogP contribution in [0.25, 0.3) is 0 Å². The summed E-state index contributed by atoms with van der Waals surface area (Å²) in [5, 5.41) is 21.9. The number of anilines is 3. The SMILES string of the molecule is CNCC(=O)CNc1ccc(NC(=O)[C@H]2C[C@@H](O)CN2C(=O)Nc2ccc(Cl)cc2)cc1. The summed E-state index contributed by atoms with van der Waals surface area (Å²) in [5.41, 5.74) is 1.82. The number of urea groups is 1. The van der Waals surface area contributed by atoms with Gasteiger partial charge >= 0.3 is 6.03 Å². The number of β-amino-alcohol motifs (C(OH)–C–C–N with tert-alkyl or cyclic N) is 1. The number of aliphatic hydroxyl groups is 1. The Morgan fingerprint density at radius 2 is 1.56 bits per heavy atom. The molecule has 3 amide bonds. The number of nitrogens with one attached hydrogen (secondary N) is 4. The molecule has 1 fully saturated rings. The number of hydrogen-bond acceptors (Lipinski definition) is 6. The molecule has 1 aliphatic rings. The minimum absolute atomic E-state index is 0.0293. The van der Waals surface area contributed by atoms with Gasteiger partial charge in [-0.3, -0.25) is 9.59 Å². The second-order valence-electron chi connectivity index (χ2n) is 7.48. The van der Waals surface area contributed by atoms with Crippen molar-refractivity contribution in [3.63, 3.8) is 0 Å². The normalized spacial score (nSPS) is 17.7. The second-order valence-corrected chi connectivity index (χ2v) is 7.92. The molecule has 32 heavy (non-hydrogen) atoms. The maximum absolute atomic E-state index is 12.8. The summed E-state index contributed by atoms with van der Waals surface area (Å²) in [6.45, 7) is 0.543. The molecule has 0 saturated carbocycles. The van der Waals surface area contributed by atoms with Gasteiger partial charge in [-0.15, -0.1) is 0 Å². The Balaban J connectivity index is 1.58. The van der Waals surface area contributed by atoms with E-state index in [-0.39, 0.29) is 31.8 Å². The molecule has 5 N–H and O–H groups in total. The van der Waals surface area contributed by atoms with Crippen LogP contribution in [0.4, 0.5) is 21.9 Å². The molecular weight excluding hydrogens is 434 g/mol. The number of amides is 3. The van der Waals surface area contributed by atoms with Gasteiger partial charge in [-0.1, -0.05) is 11.6 Å². The van der Waals surface area contributed by atoms with Crippen LogP contribution in [0, 0.1) is 0 Å². The topological polar surface area (TPSA) is 123 Å². The second kappa shape index (κ2) is 10.9. The predicted molar refractivity (Wildman–Crippen MR) is 124 cm³/mol. The quantitative estimate of drug-likeness (QED) is 0.412. The average Bonchev–Trinajstić information content (AvgIpc) is 3.17. The number of hydrogen-bond donors (Lipinski definition) is 5. The fourth-order valence-corrected chi connectivity index (χ4v) is 3.50. The first-order valence-electron chi connectivity index (χ1n) is 10.2. The molecule has 1 aliphatic heterocycles. The Morgan fingerprint density at radius 3 is 2.22 bits per heavy atom. The fraction of sp³-hybridized carbons (Fsp3) is 0.318. The fourth-order valence-electron chi connectivity index (χ4n) is 3.37. The van der Waals surface area contributed by atoms with Crippen LogP contribution in [0.2, 0.25) is 5.02 Å². The third-order valence-electron chi connectivity index (χ3n) is 4.95. The van der Waals surface area contributed by atoms with Crippen molar-refractivity contribution < 1.29 is 19.5 Å².